The number of ether oxygens (including phenoxy) is 2. The quantitative estimate of drug-likeness (QED) is 0.515. The van der Waals surface area contributed by atoms with E-state index in [2.05, 4.69) is 26.1 Å². The third kappa shape index (κ3) is 8.06. The largest absolute Gasteiger partial charge is 0.385 e. The third-order valence-electron chi connectivity index (χ3n) is 3.84. The first-order valence-corrected chi connectivity index (χ1v) is 7.52. The van der Waals surface area contributed by atoms with Crippen LogP contribution in [0, 0.1) is 5.41 Å². The molecule has 0 atom stereocenters. The molecule has 0 amide bonds. The van der Waals surface area contributed by atoms with Crippen molar-refractivity contribution in [1.82, 2.24) is 5.32 Å². The van der Waals surface area contributed by atoms with E-state index in [-0.39, 0.29) is 0 Å². The molecule has 0 aliphatic carbocycles. The molecule has 0 unspecified atom stereocenters. The van der Waals surface area contributed by atoms with Crippen molar-refractivity contribution >= 4 is 0 Å². The zero-order valence-electron chi connectivity index (χ0n) is 12.9. The molecule has 18 heavy (non-hydrogen) atoms. The Morgan fingerprint density at radius 2 is 1.72 bits per heavy atom. The lowest BCUT2D eigenvalue weighted by molar-refractivity contribution is 0.0723. The Balaban J connectivity index is 3.79. The molecule has 0 aromatic carbocycles. The van der Waals surface area contributed by atoms with Crippen LogP contribution in [-0.4, -0.2) is 40.0 Å². The zero-order valence-corrected chi connectivity index (χ0v) is 12.9. The van der Waals surface area contributed by atoms with Gasteiger partial charge in [0.1, 0.15) is 0 Å². The first-order valence-electron chi connectivity index (χ1n) is 7.52. The van der Waals surface area contributed by atoms with Gasteiger partial charge in [0.05, 0.1) is 0 Å². The van der Waals surface area contributed by atoms with Gasteiger partial charge in [-0.25, -0.2) is 0 Å². The Kier molecular flexibility index (Phi) is 11.9. The molecule has 0 spiro atoms. The van der Waals surface area contributed by atoms with Gasteiger partial charge in [0.2, 0.25) is 0 Å². The van der Waals surface area contributed by atoms with Gasteiger partial charge in [0.25, 0.3) is 0 Å². The molecule has 0 saturated heterocycles. The van der Waals surface area contributed by atoms with Crippen LogP contribution in [0.4, 0.5) is 0 Å². The molecule has 0 heterocycles. The average molecular weight is 259 g/mol. The SMILES string of the molecule is CCCNCC(CC)(CC)CCOCCCOC. The van der Waals surface area contributed by atoms with E-state index in [4.69, 9.17) is 9.47 Å². The maximum atomic E-state index is 5.69. The van der Waals surface area contributed by atoms with Crippen LogP contribution in [0.1, 0.15) is 52.9 Å². The first-order chi connectivity index (χ1) is 8.74. The van der Waals surface area contributed by atoms with Crippen molar-refractivity contribution in [2.45, 2.75) is 52.9 Å². The molecule has 1 N–H and O–H groups in total. The molecular formula is C15H33NO2. The summed E-state index contributed by atoms with van der Waals surface area (Å²) < 4.78 is 10.7. The summed E-state index contributed by atoms with van der Waals surface area (Å²) in [5, 5.41) is 3.56. The Morgan fingerprint density at radius 3 is 2.28 bits per heavy atom. The van der Waals surface area contributed by atoms with Crippen LogP contribution in [0.25, 0.3) is 0 Å². The maximum absolute atomic E-state index is 5.69. The van der Waals surface area contributed by atoms with E-state index >= 15 is 0 Å². The van der Waals surface area contributed by atoms with E-state index < -0.39 is 0 Å². The van der Waals surface area contributed by atoms with Gasteiger partial charge in [-0.1, -0.05) is 20.8 Å². The van der Waals surface area contributed by atoms with Crippen molar-refractivity contribution in [3.05, 3.63) is 0 Å². The van der Waals surface area contributed by atoms with E-state index in [9.17, 15) is 0 Å². The molecule has 0 rings (SSSR count). The van der Waals surface area contributed by atoms with Crippen molar-refractivity contribution in [3.8, 4) is 0 Å². The number of nitrogens with one attached hydrogen (secondary N) is 1. The van der Waals surface area contributed by atoms with Crippen molar-refractivity contribution < 1.29 is 9.47 Å². The summed E-state index contributed by atoms with van der Waals surface area (Å²) in [4.78, 5) is 0. The lowest BCUT2D eigenvalue weighted by Gasteiger charge is -2.32. The minimum absolute atomic E-state index is 0.413. The summed E-state index contributed by atoms with van der Waals surface area (Å²) in [6, 6.07) is 0. The zero-order chi connectivity index (χ0) is 13.7. The van der Waals surface area contributed by atoms with Gasteiger partial charge in [-0.3, -0.25) is 0 Å². The molecule has 110 valence electrons. The Bertz CT molecular complexity index is 170. The molecule has 0 aliphatic rings. The second-order valence-electron chi connectivity index (χ2n) is 5.09. The van der Waals surface area contributed by atoms with Crippen molar-refractivity contribution in [2.24, 2.45) is 5.41 Å². The predicted octanol–water partition coefficient (Wildman–Crippen LogP) is 3.24. The highest BCUT2D eigenvalue weighted by Crippen LogP contribution is 2.29. The smallest absolute Gasteiger partial charge is 0.0487 e. The summed E-state index contributed by atoms with van der Waals surface area (Å²) in [5.41, 5.74) is 0.413. The van der Waals surface area contributed by atoms with E-state index in [0.29, 0.717) is 5.41 Å². The first kappa shape index (κ1) is 17.9. The molecule has 0 saturated carbocycles. The molecule has 0 aromatic rings. The highest BCUT2D eigenvalue weighted by molar-refractivity contribution is 4.79. The van der Waals surface area contributed by atoms with Gasteiger partial charge >= 0.3 is 0 Å². The van der Waals surface area contributed by atoms with Crippen molar-refractivity contribution in [3.63, 3.8) is 0 Å². The molecule has 3 nitrogen and oxygen atoms in total. The third-order valence-corrected chi connectivity index (χ3v) is 3.84. The standard InChI is InChI=1S/C15H33NO2/c1-5-10-16-14-15(6-2,7-3)9-13-18-12-8-11-17-4/h16H,5-14H2,1-4H3. The molecule has 0 bridgehead atoms. The second kappa shape index (κ2) is 11.9. The highest BCUT2D eigenvalue weighted by Gasteiger charge is 2.25. The maximum Gasteiger partial charge on any atom is 0.0487 e. The topological polar surface area (TPSA) is 30.5 Å². The average Bonchev–Trinajstić information content (AvgIpc) is 2.41. The Morgan fingerprint density at radius 1 is 1.00 bits per heavy atom. The van der Waals surface area contributed by atoms with Gasteiger partial charge in [0.15, 0.2) is 0 Å². The Labute approximate surface area is 114 Å². The van der Waals surface area contributed by atoms with Crippen molar-refractivity contribution in [1.29, 1.82) is 0 Å². The summed E-state index contributed by atoms with van der Waals surface area (Å²) in [5.74, 6) is 0. The molecule has 0 aliphatic heterocycles. The highest BCUT2D eigenvalue weighted by atomic mass is 16.5. The van der Waals surface area contributed by atoms with Crippen LogP contribution in [-0.2, 0) is 9.47 Å². The lowest BCUT2D eigenvalue weighted by atomic mass is 9.79. The van der Waals surface area contributed by atoms with Crippen LogP contribution in [0.3, 0.4) is 0 Å². The van der Waals surface area contributed by atoms with Crippen LogP contribution in [0.5, 0.6) is 0 Å². The fourth-order valence-electron chi connectivity index (χ4n) is 2.17. The summed E-state index contributed by atoms with van der Waals surface area (Å²) in [7, 11) is 1.73. The molecule has 3 heteroatoms. The number of hydrogen-bond donors (Lipinski definition) is 1. The molecular weight excluding hydrogens is 226 g/mol. The fraction of sp³-hybridized carbons (Fsp3) is 1.00. The monoisotopic (exact) mass is 259 g/mol. The van der Waals surface area contributed by atoms with E-state index in [1.807, 2.05) is 0 Å². The number of rotatable bonds is 13. The van der Waals surface area contributed by atoms with Crippen LogP contribution in [0.15, 0.2) is 0 Å². The Hall–Kier alpha value is -0.120. The van der Waals surface area contributed by atoms with Crippen molar-refractivity contribution in [2.75, 3.05) is 40.0 Å². The van der Waals surface area contributed by atoms with E-state index in [0.717, 1.165) is 45.8 Å². The van der Waals surface area contributed by atoms with E-state index in [1.54, 1.807) is 7.11 Å². The van der Waals surface area contributed by atoms with Gasteiger partial charge in [-0.15, -0.1) is 0 Å². The predicted molar refractivity (Wildman–Crippen MR) is 78.1 cm³/mol. The number of hydrogen-bond acceptors (Lipinski definition) is 3. The normalized spacial score (nSPS) is 12.0. The summed E-state index contributed by atoms with van der Waals surface area (Å²) in [6.07, 6.45) is 5.81. The molecule has 0 aromatic heterocycles. The summed E-state index contributed by atoms with van der Waals surface area (Å²) in [6.45, 7) is 11.5. The van der Waals surface area contributed by atoms with Gasteiger partial charge in [0, 0.05) is 33.5 Å². The minimum atomic E-state index is 0.413. The second-order valence-corrected chi connectivity index (χ2v) is 5.09. The molecule has 0 radical (unpaired) electrons. The van der Waals surface area contributed by atoms with Crippen LogP contribution >= 0.6 is 0 Å². The van der Waals surface area contributed by atoms with Gasteiger partial charge in [-0.05, 0) is 44.1 Å². The van der Waals surface area contributed by atoms with Crippen LogP contribution in [0.2, 0.25) is 0 Å². The fourth-order valence-corrected chi connectivity index (χ4v) is 2.17. The number of methoxy groups -OCH3 is 1. The summed E-state index contributed by atoms with van der Waals surface area (Å²) >= 11 is 0. The van der Waals surface area contributed by atoms with Crippen LogP contribution < -0.4 is 5.32 Å². The lowest BCUT2D eigenvalue weighted by Crippen LogP contribution is -2.35. The van der Waals surface area contributed by atoms with Gasteiger partial charge in [-0.2, -0.15) is 0 Å². The van der Waals surface area contributed by atoms with Gasteiger partial charge < -0.3 is 14.8 Å². The minimum Gasteiger partial charge on any atom is -0.385 e. The molecule has 0 fully saturated rings. The van der Waals surface area contributed by atoms with E-state index in [1.165, 1.54) is 19.3 Å².